The normalized spacial score (nSPS) is 16.3. The zero-order chi connectivity index (χ0) is 14.3. The summed E-state index contributed by atoms with van der Waals surface area (Å²) in [5.74, 6) is 0. The maximum atomic E-state index is 5.59. The van der Waals surface area contributed by atoms with Crippen molar-refractivity contribution in [3.05, 3.63) is 18.0 Å². The second-order valence-electron chi connectivity index (χ2n) is 5.21. The van der Waals surface area contributed by atoms with Crippen LogP contribution in [0, 0.1) is 0 Å². The lowest BCUT2D eigenvalue weighted by Crippen LogP contribution is -2.40. The van der Waals surface area contributed by atoms with E-state index in [1.165, 1.54) is 0 Å². The van der Waals surface area contributed by atoms with Gasteiger partial charge in [0.15, 0.2) is 0 Å². The molecule has 3 unspecified atom stereocenters. The van der Waals surface area contributed by atoms with Crippen LogP contribution in [-0.2, 0) is 11.2 Å². The molecular formula is C15H29N3O. The Hall–Kier alpha value is -0.870. The fourth-order valence-electron chi connectivity index (χ4n) is 2.33. The summed E-state index contributed by atoms with van der Waals surface area (Å²) in [7, 11) is 3.79. The molecule has 0 aromatic carbocycles. The number of aromatic nitrogens is 2. The van der Waals surface area contributed by atoms with Crippen LogP contribution in [0.1, 0.15) is 51.8 Å². The van der Waals surface area contributed by atoms with Gasteiger partial charge in [0.2, 0.25) is 0 Å². The topological polar surface area (TPSA) is 39.1 Å². The van der Waals surface area contributed by atoms with Gasteiger partial charge in [-0.1, -0.05) is 20.3 Å². The molecule has 0 aliphatic carbocycles. The van der Waals surface area contributed by atoms with Crippen molar-refractivity contribution in [2.24, 2.45) is 0 Å². The minimum atomic E-state index is 0.253. The highest BCUT2D eigenvalue weighted by Crippen LogP contribution is 2.14. The van der Waals surface area contributed by atoms with Crippen molar-refractivity contribution < 1.29 is 4.74 Å². The molecule has 0 bridgehead atoms. The average Bonchev–Trinajstić information content (AvgIpc) is 2.90. The van der Waals surface area contributed by atoms with Crippen LogP contribution in [0.3, 0.4) is 0 Å². The standard InChI is InChI=1S/C15H29N3O/c1-6-8-15(19-5)14(16-4)11-13-9-10-18(17-13)12(3)7-2/h9-10,12,14-16H,6-8,11H2,1-5H3. The van der Waals surface area contributed by atoms with Gasteiger partial charge in [0, 0.05) is 31.8 Å². The Morgan fingerprint density at radius 2 is 2.16 bits per heavy atom. The summed E-state index contributed by atoms with van der Waals surface area (Å²) >= 11 is 0. The molecule has 110 valence electrons. The van der Waals surface area contributed by atoms with Crippen LogP contribution < -0.4 is 5.32 Å². The van der Waals surface area contributed by atoms with E-state index in [-0.39, 0.29) is 6.10 Å². The molecule has 0 saturated carbocycles. The van der Waals surface area contributed by atoms with Crippen molar-refractivity contribution in [2.75, 3.05) is 14.2 Å². The number of likely N-dealkylation sites (N-methyl/N-ethyl adjacent to an activating group) is 1. The van der Waals surface area contributed by atoms with Gasteiger partial charge in [-0.05, 0) is 32.9 Å². The number of nitrogens with one attached hydrogen (secondary N) is 1. The first-order chi connectivity index (χ1) is 9.15. The van der Waals surface area contributed by atoms with Gasteiger partial charge in [0.1, 0.15) is 0 Å². The van der Waals surface area contributed by atoms with E-state index in [2.05, 4.69) is 48.1 Å². The van der Waals surface area contributed by atoms with E-state index in [0.29, 0.717) is 12.1 Å². The van der Waals surface area contributed by atoms with E-state index in [1.807, 2.05) is 7.05 Å². The summed E-state index contributed by atoms with van der Waals surface area (Å²) in [5, 5.41) is 8.03. The SMILES string of the molecule is CCCC(OC)C(Cc1ccn(C(C)CC)n1)NC. The molecule has 0 saturated heterocycles. The summed E-state index contributed by atoms with van der Waals surface area (Å²) in [4.78, 5) is 0. The Morgan fingerprint density at radius 1 is 1.42 bits per heavy atom. The smallest absolute Gasteiger partial charge is 0.0727 e. The van der Waals surface area contributed by atoms with E-state index in [4.69, 9.17) is 4.74 Å². The third-order valence-electron chi connectivity index (χ3n) is 3.83. The minimum Gasteiger partial charge on any atom is -0.380 e. The number of nitrogens with zero attached hydrogens (tertiary/aromatic N) is 2. The maximum Gasteiger partial charge on any atom is 0.0727 e. The van der Waals surface area contributed by atoms with Gasteiger partial charge in [-0.3, -0.25) is 4.68 Å². The summed E-state index contributed by atoms with van der Waals surface area (Å²) in [6.45, 7) is 6.57. The fraction of sp³-hybridized carbons (Fsp3) is 0.800. The summed E-state index contributed by atoms with van der Waals surface area (Å²) < 4.78 is 7.65. The second-order valence-corrected chi connectivity index (χ2v) is 5.21. The molecule has 3 atom stereocenters. The third-order valence-corrected chi connectivity index (χ3v) is 3.83. The van der Waals surface area contributed by atoms with Gasteiger partial charge in [-0.25, -0.2) is 0 Å². The Bertz CT molecular complexity index is 351. The highest BCUT2D eigenvalue weighted by Gasteiger charge is 2.20. The molecule has 0 fully saturated rings. The number of methoxy groups -OCH3 is 1. The molecule has 1 N–H and O–H groups in total. The summed E-state index contributed by atoms with van der Waals surface area (Å²) in [6, 6.07) is 2.91. The largest absolute Gasteiger partial charge is 0.380 e. The second kappa shape index (κ2) is 8.33. The van der Waals surface area contributed by atoms with E-state index in [9.17, 15) is 0 Å². The van der Waals surface area contributed by atoms with Crippen LogP contribution in [0.2, 0.25) is 0 Å². The Kier molecular flexibility index (Phi) is 7.10. The molecule has 1 rings (SSSR count). The maximum absolute atomic E-state index is 5.59. The van der Waals surface area contributed by atoms with Crippen molar-refractivity contribution in [2.45, 2.75) is 64.6 Å². The zero-order valence-corrected chi connectivity index (χ0v) is 13.0. The molecule has 4 heteroatoms. The number of rotatable bonds is 9. The molecular weight excluding hydrogens is 238 g/mol. The average molecular weight is 267 g/mol. The van der Waals surface area contributed by atoms with E-state index in [0.717, 1.165) is 31.4 Å². The molecule has 0 aliphatic heterocycles. The van der Waals surface area contributed by atoms with Gasteiger partial charge in [-0.2, -0.15) is 5.10 Å². The fourth-order valence-corrected chi connectivity index (χ4v) is 2.33. The van der Waals surface area contributed by atoms with Gasteiger partial charge in [0.05, 0.1) is 11.8 Å². The van der Waals surface area contributed by atoms with Crippen LogP contribution in [-0.4, -0.2) is 36.1 Å². The molecule has 1 heterocycles. The molecule has 0 radical (unpaired) electrons. The Balaban J connectivity index is 2.67. The molecule has 19 heavy (non-hydrogen) atoms. The lowest BCUT2D eigenvalue weighted by Gasteiger charge is -2.24. The Morgan fingerprint density at radius 3 is 2.68 bits per heavy atom. The van der Waals surface area contributed by atoms with Crippen LogP contribution in [0.5, 0.6) is 0 Å². The van der Waals surface area contributed by atoms with Crippen LogP contribution in [0.4, 0.5) is 0 Å². The monoisotopic (exact) mass is 267 g/mol. The molecule has 0 aliphatic rings. The van der Waals surface area contributed by atoms with Crippen molar-refractivity contribution in [1.82, 2.24) is 15.1 Å². The Labute approximate surface area is 117 Å². The summed E-state index contributed by atoms with van der Waals surface area (Å²) in [5.41, 5.74) is 1.14. The predicted molar refractivity (Wildman–Crippen MR) is 79.5 cm³/mol. The number of hydrogen-bond donors (Lipinski definition) is 1. The number of ether oxygens (including phenoxy) is 1. The lowest BCUT2D eigenvalue weighted by atomic mass is 10.0. The highest BCUT2D eigenvalue weighted by molar-refractivity contribution is 5.03. The minimum absolute atomic E-state index is 0.253. The van der Waals surface area contributed by atoms with Gasteiger partial charge >= 0.3 is 0 Å². The van der Waals surface area contributed by atoms with E-state index >= 15 is 0 Å². The van der Waals surface area contributed by atoms with Crippen molar-refractivity contribution >= 4 is 0 Å². The van der Waals surface area contributed by atoms with Crippen molar-refractivity contribution in [1.29, 1.82) is 0 Å². The molecule has 1 aromatic rings. The first-order valence-electron chi connectivity index (χ1n) is 7.40. The molecule has 0 amide bonds. The first kappa shape index (κ1) is 16.2. The molecule has 1 aromatic heterocycles. The van der Waals surface area contributed by atoms with Crippen LogP contribution in [0.15, 0.2) is 12.3 Å². The third kappa shape index (κ3) is 4.62. The van der Waals surface area contributed by atoms with Crippen molar-refractivity contribution in [3.8, 4) is 0 Å². The lowest BCUT2D eigenvalue weighted by molar-refractivity contribution is 0.0629. The summed E-state index contributed by atoms with van der Waals surface area (Å²) in [6.07, 6.45) is 6.57. The quantitative estimate of drug-likeness (QED) is 0.748. The zero-order valence-electron chi connectivity index (χ0n) is 13.0. The first-order valence-corrected chi connectivity index (χ1v) is 7.40. The van der Waals surface area contributed by atoms with Gasteiger partial charge in [-0.15, -0.1) is 0 Å². The van der Waals surface area contributed by atoms with Gasteiger partial charge in [0.25, 0.3) is 0 Å². The van der Waals surface area contributed by atoms with Crippen LogP contribution in [0.25, 0.3) is 0 Å². The predicted octanol–water partition coefficient (Wildman–Crippen LogP) is 2.80. The highest BCUT2D eigenvalue weighted by atomic mass is 16.5. The number of hydrogen-bond acceptors (Lipinski definition) is 3. The van der Waals surface area contributed by atoms with Crippen molar-refractivity contribution in [3.63, 3.8) is 0 Å². The molecule has 4 nitrogen and oxygen atoms in total. The van der Waals surface area contributed by atoms with Crippen LogP contribution >= 0.6 is 0 Å². The van der Waals surface area contributed by atoms with E-state index < -0.39 is 0 Å². The molecule has 0 spiro atoms. The van der Waals surface area contributed by atoms with Gasteiger partial charge < -0.3 is 10.1 Å². The van der Waals surface area contributed by atoms with E-state index in [1.54, 1.807) is 7.11 Å².